The van der Waals surface area contributed by atoms with E-state index in [1.165, 1.54) is 122 Å². The van der Waals surface area contributed by atoms with Gasteiger partial charge in [-0.1, -0.05) is 167 Å². The van der Waals surface area contributed by atoms with Gasteiger partial charge >= 0.3 is 11.9 Å². The third-order valence-corrected chi connectivity index (χ3v) is 8.77. The minimum atomic E-state index is -0.674. The molecule has 0 aliphatic carbocycles. The van der Waals surface area contributed by atoms with Crippen LogP contribution in [-0.2, 0) is 9.59 Å². The smallest absolute Gasteiger partial charge is 0.306 e. The Morgan fingerprint density at radius 2 is 0.732 bits per heavy atom. The van der Waals surface area contributed by atoms with Crippen molar-refractivity contribution < 1.29 is 24.9 Å². The zero-order chi connectivity index (χ0) is 30.2. The van der Waals surface area contributed by atoms with E-state index >= 15 is 0 Å². The number of aliphatic hydroxyl groups excluding tert-OH is 1. The molecule has 0 saturated heterocycles. The van der Waals surface area contributed by atoms with Crippen LogP contribution < -0.4 is 0 Å². The maximum Gasteiger partial charge on any atom is 0.306 e. The van der Waals surface area contributed by atoms with E-state index in [1.54, 1.807) is 0 Å². The number of rotatable bonds is 34. The molecule has 0 amide bonds. The summed E-state index contributed by atoms with van der Waals surface area (Å²) in [6.45, 7) is 2.22. The van der Waals surface area contributed by atoms with Crippen molar-refractivity contribution in [3.8, 4) is 0 Å². The second-order valence-electron chi connectivity index (χ2n) is 12.8. The Balaban J connectivity index is 3.44. The van der Waals surface area contributed by atoms with Gasteiger partial charge in [0.15, 0.2) is 0 Å². The van der Waals surface area contributed by atoms with Crippen LogP contribution in [0.15, 0.2) is 0 Å². The van der Waals surface area contributed by atoms with Gasteiger partial charge in [-0.05, 0) is 32.1 Å². The number of unbranched alkanes of at least 4 members (excludes halogenated alkanes) is 23. The maximum atomic E-state index is 11.7. The highest BCUT2D eigenvalue weighted by Crippen LogP contribution is 2.20. The number of hydrogen-bond acceptors (Lipinski definition) is 3. The van der Waals surface area contributed by atoms with E-state index in [2.05, 4.69) is 6.92 Å². The van der Waals surface area contributed by atoms with Gasteiger partial charge in [0.25, 0.3) is 0 Å². The van der Waals surface area contributed by atoms with Gasteiger partial charge in [-0.2, -0.15) is 0 Å². The molecule has 0 radical (unpaired) electrons. The Kier molecular flexibility index (Phi) is 31.0. The highest BCUT2D eigenvalue weighted by atomic mass is 16.4. The highest BCUT2D eigenvalue weighted by molar-refractivity contribution is 5.69. The average Bonchev–Trinajstić information content (AvgIpc) is 2.94. The summed E-state index contributed by atoms with van der Waals surface area (Å²) in [5.74, 6) is -1.43. The first-order chi connectivity index (χ1) is 20.0. The Bertz CT molecular complexity index is 564. The SMILES string of the molecule is CCCCCCC(O)CCCCCCCCCC(CCCCCCCCCCCCCCCCCC(=O)O)C(=O)O. The van der Waals surface area contributed by atoms with Crippen molar-refractivity contribution >= 4 is 11.9 Å². The summed E-state index contributed by atoms with van der Waals surface area (Å²) in [5, 5.41) is 28.3. The molecule has 0 heterocycles. The molecule has 0 rings (SSSR count). The van der Waals surface area contributed by atoms with Crippen LogP contribution in [0.4, 0.5) is 0 Å². The molecule has 41 heavy (non-hydrogen) atoms. The van der Waals surface area contributed by atoms with Crippen molar-refractivity contribution in [3.05, 3.63) is 0 Å². The molecule has 244 valence electrons. The summed E-state index contributed by atoms with van der Waals surface area (Å²) in [6.07, 6.45) is 35.3. The molecule has 0 fully saturated rings. The lowest BCUT2D eigenvalue weighted by molar-refractivity contribution is -0.142. The predicted octanol–water partition coefficient (Wildman–Crippen LogP) is 11.2. The van der Waals surface area contributed by atoms with Gasteiger partial charge in [0.2, 0.25) is 0 Å². The van der Waals surface area contributed by atoms with Gasteiger partial charge in [0.05, 0.1) is 12.0 Å². The van der Waals surface area contributed by atoms with Gasteiger partial charge < -0.3 is 15.3 Å². The Labute approximate surface area is 254 Å². The van der Waals surface area contributed by atoms with E-state index < -0.39 is 11.9 Å². The summed E-state index contributed by atoms with van der Waals surface area (Å²) in [4.78, 5) is 22.1. The third kappa shape index (κ3) is 31.7. The molecule has 0 aromatic rings. The maximum absolute atomic E-state index is 11.7. The van der Waals surface area contributed by atoms with Crippen molar-refractivity contribution in [3.63, 3.8) is 0 Å². The molecule has 0 saturated carbocycles. The molecule has 0 aliphatic heterocycles. The molecular weight excluding hydrogens is 512 g/mol. The van der Waals surface area contributed by atoms with Crippen LogP contribution in [0.1, 0.15) is 206 Å². The molecule has 0 aromatic heterocycles. The molecule has 5 nitrogen and oxygen atoms in total. The van der Waals surface area contributed by atoms with E-state index in [0.717, 1.165) is 70.6 Å². The molecule has 0 aromatic carbocycles. The minimum Gasteiger partial charge on any atom is -0.481 e. The van der Waals surface area contributed by atoms with Gasteiger partial charge in [-0.25, -0.2) is 0 Å². The van der Waals surface area contributed by atoms with E-state index in [4.69, 9.17) is 5.11 Å². The summed E-state index contributed by atoms with van der Waals surface area (Å²) in [7, 11) is 0. The lowest BCUT2D eigenvalue weighted by atomic mass is 9.94. The van der Waals surface area contributed by atoms with Crippen LogP contribution in [0.5, 0.6) is 0 Å². The molecule has 0 bridgehead atoms. The quantitative estimate of drug-likeness (QED) is 0.0656. The van der Waals surface area contributed by atoms with Crippen LogP contribution in [0.2, 0.25) is 0 Å². The number of carbonyl (C=O) groups is 2. The third-order valence-electron chi connectivity index (χ3n) is 8.77. The molecule has 2 unspecified atom stereocenters. The Hall–Kier alpha value is -1.10. The molecule has 0 spiro atoms. The normalized spacial score (nSPS) is 12.9. The first kappa shape index (κ1) is 39.9. The molecule has 0 aliphatic rings. The lowest BCUT2D eigenvalue weighted by Crippen LogP contribution is -2.13. The fourth-order valence-corrected chi connectivity index (χ4v) is 5.96. The van der Waals surface area contributed by atoms with Crippen LogP contribution in [0.25, 0.3) is 0 Å². The molecular formula is C36H70O5. The zero-order valence-corrected chi connectivity index (χ0v) is 27.2. The summed E-state index contributed by atoms with van der Waals surface area (Å²) >= 11 is 0. The van der Waals surface area contributed by atoms with Crippen LogP contribution in [-0.4, -0.2) is 33.4 Å². The standard InChI is InChI=1S/C36H70O5/c1-2-3-4-25-30-34(37)31-26-21-17-14-16-20-24-29-33(36(40)41)28-23-19-15-12-10-8-6-5-7-9-11-13-18-22-27-32-35(38)39/h33-34,37H,2-32H2,1H3,(H,38,39)(H,40,41). The number of carboxylic acids is 2. The van der Waals surface area contributed by atoms with Crippen LogP contribution in [0.3, 0.4) is 0 Å². The van der Waals surface area contributed by atoms with E-state index in [1.807, 2.05) is 0 Å². The fraction of sp³-hybridized carbons (Fsp3) is 0.944. The summed E-state index contributed by atoms with van der Waals surface area (Å²) < 4.78 is 0. The molecule has 5 heteroatoms. The topological polar surface area (TPSA) is 94.8 Å². The van der Waals surface area contributed by atoms with E-state index in [9.17, 15) is 19.8 Å². The Morgan fingerprint density at radius 1 is 0.439 bits per heavy atom. The van der Waals surface area contributed by atoms with Crippen molar-refractivity contribution in [1.82, 2.24) is 0 Å². The van der Waals surface area contributed by atoms with Crippen molar-refractivity contribution in [2.24, 2.45) is 5.92 Å². The second kappa shape index (κ2) is 31.8. The predicted molar refractivity (Wildman–Crippen MR) is 174 cm³/mol. The van der Waals surface area contributed by atoms with Gasteiger partial charge in [0.1, 0.15) is 0 Å². The Morgan fingerprint density at radius 3 is 1.05 bits per heavy atom. The first-order valence-corrected chi connectivity index (χ1v) is 18.1. The van der Waals surface area contributed by atoms with E-state index in [0.29, 0.717) is 6.42 Å². The lowest BCUT2D eigenvalue weighted by Gasteiger charge is -2.12. The summed E-state index contributed by atoms with van der Waals surface area (Å²) in [5.41, 5.74) is 0. The molecule has 3 N–H and O–H groups in total. The number of aliphatic carboxylic acids is 2. The van der Waals surface area contributed by atoms with Crippen molar-refractivity contribution in [1.29, 1.82) is 0 Å². The average molecular weight is 583 g/mol. The molecule has 2 atom stereocenters. The number of hydrogen-bond donors (Lipinski definition) is 3. The largest absolute Gasteiger partial charge is 0.481 e. The number of aliphatic hydroxyl groups is 1. The van der Waals surface area contributed by atoms with Crippen LogP contribution in [0, 0.1) is 5.92 Å². The monoisotopic (exact) mass is 583 g/mol. The van der Waals surface area contributed by atoms with Gasteiger partial charge in [-0.3, -0.25) is 9.59 Å². The zero-order valence-electron chi connectivity index (χ0n) is 27.2. The minimum absolute atomic E-state index is 0.104. The van der Waals surface area contributed by atoms with Gasteiger partial charge in [-0.15, -0.1) is 0 Å². The van der Waals surface area contributed by atoms with Crippen molar-refractivity contribution in [2.75, 3.05) is 0 Å². The first-order valence-electron chi connectivity index (χ1n) is 18.1. The van der Waals surface area contributed by atoms with Crippen LogP contribution >= 0.6 is 0 Å². The highest BCUT2D eigenvalue weighted by Gasteiger charge is 2.16. The van der Waals surface area contributed by atoms with Gasteiger partial charge in [0, 0.05) is 6.42 Å². The summed E-state index contributed by atoms with van der Waals surface area (Å²) in [6, 6.07) is 0. The fourth-order valence-electron chi connectivity index (χ4n) is 5.96. The van der Waals surface area contributed by atoms with Crippen molar-refractivity contribution in [2.45, 2.75) is 212 Å². The number of carboxylic acid groups (broad SMARTS) is 2. The van der Waals surface area contributed by atoms with E-state index in [-0.39, 0.29) is 12.0 Å². The second-order valence-corrected chi connectivity index (χ2v) is 12.8.